The van der Waals surface area contributed by atoms with E-state index in [1.54, 1.807) is 51.0 Å². The molecule has 0 radical (unpaired) electrons. The highest BCUT2D eigenvalue weighted by Crippen LogP contribution is 2.31. The molecule has 1 atom stereocenters. The molecule has 0 saturated carbocycles. The maximum atomic E-state index is 13.0. The molecule has 2 heterocycles. The molecular weight excluding hydrogens is 472 g/mol. The Kier molecular flexibility index (Phi) is 8.25. The molecule has 0 aliphatic rings. The number of hydrogen-bond acceptors (Lipinski definition) is 9. The molecule has 1 aromatic carbocycles. The summed E-state index contributed by atoms with van der Waals surface area (Å²) in [6, 6.07) is 4.72. The third-order valence-electron chi connectivity index (χ3n) is 5.72. The van der Waals surface area contributed by atoms with Crippen molar-refractivity contribution in [1.29, 1.82) is 0 Å². The molecule has 2 aromatic heterocycles. The molecule has 36 heavy (non-hydrogen) atoms. The topological polar surface area (TPSA) is 131 Å². The van der Waals surface area contributed by atoms with E-state index in [0.717, 1.165) is 4.57 Å². The highest BCUT2D eigenvalue weighted by atomic mass is 16.6. The van der Waals surface area contributed by atoms with Crippen molar-refractivity contribution in [2.45, 2.75) is 12.6 Å². The van der Waals surface area contributed by atoms with Crippen molar-refractivity contribution in [3.63, 3.8) is 0 Å². The van der Waals surface area contributed by atoms with E-state index >= 15 is 0 Å². The Hall–Kier alpha value is -4.00. The van der Waals surface area contributed by atoms with E-state index in [1.807, 2.05) is 0 Å². The number of rotatable bonds is 10. The highest BCUT2D eigenvalue weighted by Gasteiger charge is 2.24. The number of benzene rings is 1. The molecule has 0 saturated heterocycles. The van der Waals surface area contributed by atoms with Crippen LogP contribution in [0.4, 0.5) is 10.7 Å². The van der Waals surface area contributed by atoms with Gasteiger partial charge in [-0.25, -0.2) is 9.59 Å². The summed E-state index contributed by atoms with van der Waals surface area (Å²) in [4.78, 5) is 43.6. The summed E-state index contributed by atoms with van der Waals surface area (Å²) < 4.78 is 25.5. The lowest BCUT2D eigenvalue weighted by Crippen LogP contribution is -2.37. The highest BCUT2D eigenvalue weighted by molar-refractivity contribution is 5.74. The fourth-order valence-corrected chi connectivity index (χ4v) is 3.69. The van der Waals surface area contributed by atoms with Gasteiger partial charge in [-0.05, 0) is 17.7 Å². The van der Waals surface area contributed by atoms with Crippen LogP contribution in [0.2, 0.25) is 0 Å². The number of methoxy groups -OCH3 is 3. The smallest absolute Gasteiger partial charge is 0.409 e. The SMILES string of the molecule is COCCn1c(N[C@H](COC(=O)N(C)C)c2ccc(OC)c(OC)c2)nc2c1c(=O)n(C)c(=O)n2C. The van der Waals surface area contributed by atoms with Crippen LogP contribution in [0.15, 0.2) is 27.8 Å². The normalized spacial score (nSPS) is 11.9. The number of carbonyl (C=O) groups is 1. The Morgan fingerprint density at radius 2 is 1.78 bits per heavy atom. The van der Waals surface area contributed by atoms with Crippen LogP contribution in [-0.4, -0.2) is 78.3 Å². The summed E-state index contributed by atoms with van der Waals surface area (Å²) in [5, 5.41) is 3.28. The number of nitrogens with zero attached hydrogens (tertiary/aromatic N) is 5. The predicted molar refractivity (Wildman–Crippen MR) is 133 cm³/mol. The standard InChI is InChI=1S/C23H32N6O7/c1-26(2)23(32)36-13-15(14-8-9-16(34-6)17(12-14)35-7)24-21-25-19-18(29(21)10-11-33-5)20(30)28(4)22(31)27(19)3/h8-9,12,15H,10-11,13H2,1-7H3,(H,24,25)/t15-/m1/s1. The molecular formula is C23H32N6O7. The lowest BCUT2D eigenvalue weighted by molar-refractivity contribution is 0.114. The van der Waals surface area contributed by atoms with E-state index in [2.05, 4.69) is 10.3 Å². The maximum absolute atomic E-state index is 13.0. The Bertz CT molecular complexity index is 1360. The minimum atomic E-state index is -0.590. The van der Waals surface area contributed by atoms with E-state index in [0.29, 0.717) is 36.2 Å². The summed E-state index contributed by atoms with van der Waals surface area (Å²) in [6.45, 7) is 0.526. The number of anilines is 1. The Morgan fingerprint density at radius 3 is 2.39 bits per heavy atom. The first-order valence-corrected chi connectivity index (χ1v) is 11.1. The second kappa shape index (κ2) is 11.2. The summed E-state index contributed by atoms with van der Waals surface area (Å²) in [6.07, 6.45) is -0.522. The van der Waals surface area contributed by atoms with E-state index in [1.165, 1.54) is 30.7 Å². The van der Waals surface area contributed by atoms with Crippen molar-refractivity contribution < 1.29 is 23.7 Å². The summed E-state index contributed by atoms with van der Waals surface area (Å²) in [5.41, 5.74) is 0.207. The molecule has 196 valence electrons. The molecule has 3 aromatic rings. The number of amides is 1. The first-order chi connectivity index (χ1) is 17.1. The second-order valence-corrected chi connectivity index (χ2v) is 8.24. The van der Waals surface area contributed by atoms with Crippen LogP contribution in [0, 0.1) is 0 Å². The van der Waals surface area contributed by atoms with Crippen LogP contribution >= 0.6 is 0 Å². The van der Waals surface area contributed by atoms with Gasteiger partial charge in [-0.15, -0.1) is 0 Å². The van der Waals surface area contributed by atoms with Gasteiger partial charge in [-0.1, -0.05) is 6.07 Å². The minimum Gasteiger partial charge on any atom is -0.493 e. The van der Waals surface area contributed by atoms with Gasteiger partial charge in [0.25, 0.3) is 5.56 Å². The zero-order valence-electron chi connectivity index (χ0n) is 21.5. The molecule has 3 rings (SSSR count). The van der Waals surface area contributed by atoms with Gasteiger partial charge in [0, 0.05) is 41.8 Å². The van der Waals surface area contributed by atoms with Crippen LogP contribution in [0.5, 0.6) is 11.5 Å². The first-order valence-electron chi connectivity index (χ1n) is 11.1. The molecule has 1 amide bonds. The zero-order valence-corrected chi connectivity index (χ0v) is 21.5. The average Bonchev–Trinajstić information content (AvgIpc) is 3.24. The van der Waals surface area contributed by atoms with Crippen molar-refractivity contribution in [3.8, 4) is 11.5 Å². The fraction of sp³-hybridized carbons (Fsp3) is 0.478. The summed E-state index contributed by atoms with van der Waals surface area (Å²) in [7, 11) is 10.7. The maximum Gasteiger partial charge on any atom is 0.409 e. The molecule has 0 fully saturated rings. The third-order valence-corrected chi connectivity index (χ3v) is 5.72. The van der Waals surface area contributed by atoms with Gasteiger partial charge >= 0.3 is 11.8 Å². The Labute approximate surface area is 207 Å². The number of ether oxygens (including phenoxy) is 4. The molecule has 1 N–H and O–H groups in total. The molecule has 13 nitrogen and oxygen atoms in total. The molecule has 13 heteroatoms. The molecule has 0 bridgehead atoms. The second-order valence-electron chi connectivity index (χ2n) is 8.24. The number of carbonyl (C=O) groups excluding carboxylic acids is 1. The monoisotopic (exact) mass is 504 g/mol. The molecule has 0 aliphatic heterocycles. The third kappa shape index (κ3) is 5.15. The first kappa shape index (κ1) is 26.6. The van der Waals surface area contributed by atoms with Crippen molar-refractivity contribution in [2.24, 2.45) is 14.1 Å². The molecule has 0 unspecified atom stereocenters. The molecule has 0 aliphatic carbocycles. The van der Waals surface area contributed by atoms with Crippen LogP contribution in [0.1, 0.15) is 11.6 Å². The Morgan fingerprint density at radius 1 is 1.08 bits per heavy atom. The van der Waals surface area contributed by atoms with Gasteiger partial charge in [-0.2, -0.15) is 4.98 Å². The van der Waals surface area contributed by atoms with Gasteiger partial charge in [0.1, 0.15) is 6.61 Å². The number of nitrogens with one attached hydrogen (secondary N) is 1. The summed E-state index contributed by atoms with van der Waals surface area (Å²) >= 11 is 0. The van der Waals surface area contributed by atoms with Gasteiger partial charge in [0.15, 0.2) is 22.7 Å². The zero-order chi connectivity index (χ0) is 26.6. The van der Waals surface area contributed by atoms with E-state index in [4.69, 9.17) is 18.9 Å². The van der Waals surface area contributed by atoms with Crippen molar-refractivity contribution in [3.05, 3.63) is 44.6 Å². The number of aryl methyl sites for hydroxylation is 1. The van der Waals surface area contributed by atoms with Crippen molar-refractivity contribution >= 4 is 23.2 Å². The van der Waals surface area contributed by atoms with Crippen molar-refractivity contribution in [1.82, 2.24) is 23.6 Å². The lowest BCUT2D eigenvalue weighted by Gasteiger charge is -2.22. The average molecular weight is 505 g/mol. The Balaban J connectivity index is 2.14. The lowest BCUT2D eigenvalue weighted by atomic mass is 10.1. The van der Waals surface area contributed by atoms with Crippen LogP contribution in [-0.2, 0) is 30.1 Å². The summed E-state index contributed by atoms with van der Waals surface area (Å²) in [5.74, 6) is 1.34. The van der Waals surface area contributed by atoms with E-state index in [9.17, 15) is 14.4 Å². The van der Waals surface area contributed by atoms with Gasteiger partial charge in [0.05, 0.1) is 26.9 Å². The van der Waals surface area contributed by atoms with Crippen LogP contribution < -0.4 is 26.0 Å². The largest absolute Gasteiger partial charge is 0.493 e. The van der Waals surface area contributed by atoms with E-state index < -0.39 is 23.4 Å². The van der Waals surface area contributed by atoms with Gasteiger partial charge < -0.3 is 33.7 Å². The fourth-order valence-electron chi connectivity index (χ4n) is 3.69. The van der Waals surface area contributed by atoms with E-state index in [-0.39, 0.29) is 17.8 Å². The number of fused-ring (bicyclic) bond motifs is 1. The van der Waals surface area contributed by atoms with Gasteiger partial charge in [-0.3, -0.25) is 13.9 Å². The number of aromatic nitrogens is 4. The predicted octanol–water partition coefficient (Wildman–Crippen LogP) is 0.949. The quantitative estimate of drug-likeness (QED) is 0.429. The number of imidazole rings is 1. The number of hydrogen-bond donors (Lipinski definition) is 1. The van der Waals surface area contributed by atoms with Crippen LogP contribution in [0.3, 0.4) is 0 Å². The minimum absolute atomic E-state index is 0.0586. The van der Waals surface area contributed by atoms with Crippen LogP contribution in [0.25, 0.3) is 11.2 Å². The van der Waals surface area contributed by atoms with Crippen molar-refractivity contribution in [2.75, 3.05) is 54.0 Å². The van der Waals surface area contributed by atoms with Gasteiger partial charge in [0.2, 0.25) is 5.95 Å². The molecule has 0 spiro atoms.